The maximum atomic E-state index is 11.1. The third-order valence-electron chi connectivity index (χ3n) is 2.52. The highest BCUT2D eigenvalue weighted by molar-refractivity contribution is 7.16. The molecule has 0 spiro atoms. The summed E-state index contributed by atoms with van der Waals surface area (Å²) < 4.78 is 0.834. The number of nitrogens with zero attached hydrogens (tertiary/aromatic N) is 2. The maximum absolute atomic E-state index is 11.1. The molecule has 2 aromatic rings. The van der Waals surface area contributed by atoms with Gasteiger partial charge in [-0.15, -0.1) is 11.3 Å². The van der Waals surface area contributed by atoms with E-state index in [4.69, 9.17) is 0 Å². The number of anilines is 1. The minimum Gasteiger partial charge on any atom is -0.379 e. The van der Waals surface area contributed by atoms with Gasteiger partial charge in [0, 0.05) is 6.54 Å². The Labute approximate surface area is 108 Å². The molecule has 94 valence electrons. The summed E-state index contributed by atoms with van der Waals surface area (Å²) in [5, 5.41) is 14.2. The third-order valence-corrected chi connectivity index (χ3v) is 3.31. The standard InChI is InChI=1S/C12H13N3O2S/c1-2-3-4-7-13-9-5-6-10-11(14-8-18-10)12(9)15(16)17/h2-3,5-6,8,13H,4,7H2,1H3/b3-2+. The van der Waals surface area contributed by atoms with Crippen molar-refractivity contribution in [3.63, 3.8) is 0 Å². The largest absolute Gasteiger partial charge is 0.379 e. The Morgan fingerprint density at radius 2 is 2.39 bits per heavy atom. The number of hydrogen-bond acceptors (Lipinski definition) is 5. The number of hydrogen-bond donors (Lipinski definition) is 1. The molecule has 0 aliphatic carbocycles. The molecular formula is C12H13N3O2S. The summed E-state index contributed by atoms with van der Waals surface area (Å²) in [6, 6.07) is 3.60. The predicted octanol–water partition coefficient (Wildman–Crippen LogP) is 3.58. The molecule has 2 rings (SSSR count). The van der Waals surface area contributed by atoms with Gasteiger partial charge in [0.1, 0.15) is 5.69 Å². The van der Waals surface area contributed by atoms with Gasteiger partial charge in [-0.2, -0.15) is 0 Å². The van der Waals surface area contributed by atoms with Crippen molar-refractivity contribution in [1.29, 1.82) is 0 Å². The van der Waals surface area contributed by atoms with Crippen molar-refractivity contribution >= 4 is 32.9 Å². The Hall–Kier alpha value is -1.95. The summed E-state index contributed by atoms with van der Waals surface area (Å²) in [5.41, 5.74) is 2.68. The highest BCUT2D eigenvalue weighted by Gasteiger charge is 2.19. The molecule has 0 radical (unpaired) electrons. The van der Waals surface area contributed by atoms with Crippen molar-refractivity contribution in [2.75, 3.05) is 11.9 Å². The Bertz CT molecular complexity index is 592. The Kier molecular flexibility index (Phi) is 3.88. The Morgan fingerprint density at radius 3 is 3.11 bits per heavy atom. The highest BCUT2D eigenvalue weighted by atomic mass is 32.1. The van der Waals surface area contributed by atoms with Crippen LogP contribution in [0, 0.1) is 10.1 Å². The fraction of sp³-hybridized carbons (Fsp3) is 0.250. The van der Waals surface area contributed by atoms with E-state index in [1.54, 1.807) is 11.6 Å². The SMILES string of the molecule is C/C=C/CCNc1ccc2scnc2c1[N+](=O)[O-]. The van der Waals surface area contributed by atoms with Crippen LogP contribution in [-0.4, -0.2) is 16.5 Å². The van der Waals surface area contributed by atoms with Crippen LogP contribution in [0.3, 0.4) is 0 Å². The first-order valence-corrected chi connectivity index (χ1v) is 6.47. The smallest absolute Gasteiger partial charge is 0.319 e. The molecule has 1 aromatic heterocycles. The van der Waals surface area contributed by atoms with Gasteiger partial charge in [-0.1, -0.05) is 12.2 Å². The van der Waals surface area contributed by atoms with E-state index < -0.39 is 0 Å². The van der Waals surface area contributed by atoms with Crippen LogP contribution in [0.2, 0.25) is 0 Å². The van der Waals surface area contributed by atoms with Gasteiger partial charge in [0.25, 0.3) is 0 Å². The molecule has 0 saturated heterocycles. The van der Waals surface area contributed by atoms with Crippen molar-refractivity contribution < 1.29 is 4.92 Å². The van der Waals surface area contributed by atoms with Crippen molar-refractivity contribution in [3.05, 3.63) is 39.9 Å². The van der Waals surface area contributed by atoms with Crippen molar-refractivity contribution in [2.24, 2.45) is 0 Å². The molecule has 0 unspecified atom stereocenters. The number of nitro benzene ring substituents is 1. The summed E-state index contributed by atoms with van der Waals surface area (Å²) in [6.45, 7) is 2.62. The van der Waals surface area contributed by atoms with Crippen LogP contribution >= 0.6 is 11.3 Å². The van der Waals surface area contributed by atoms with E-state index in [0.717, 1.165) is 11.1 Å². The summed E-state index contributed by atoms with van der Waals surface area (Å²) >= 11 is 1.41. The van der Waals surface area contributed by atoms with Crippen LogP contribution in [0.15, 0.2) is 29.8 Å². The number of allylic oxidation sites excluding steroid dienone is 1. The number of fused-ring (bicyclic) bond motifs is 1. The number of benzene rings is 1. The number of thiazole rings is 1. The number of nitrogens with one attached hydrogen (secondary N) is 1. The monoisotopic (exact) mass is 263 g/mol. The highest BCUT2D eigenvalue weighted by Crippen LogP contribution is 2.34. The molecule has 1 N–H and O–H groups in total. The molecule has 1 aromatic carbocycles. The fourth-order valence-electron chi connectivity index (χ4n) is 1.70. The predicted molar refractivity (Wildman–Crippen MR) is 74.2 cm³/mol. The molecule has 0 saturated carbocycles. The topological polar surface area (TPSA) is 68.1 Å². The van der Waals surface area contributed by atoms with E-state index in [9.17, 15) is 10.1 Å². The first-order chi connectivity index (χ1) is 8.74. The zero-order valence-corrected chi connectivity index (χ0v) is 10.7. The molecule has 0 atom stereocenters. The molecule has 18 heavy (non-hydrogen) atoms. The zero-order valence-electron chi connectivity index (χ0n) is 9.92. The van der Waals surface area contributed by atoms with Gasteiger partial charge < -0.3 is 5.32 Å². The van der Waals surface area contributed by atoms with Crippen molar-refractivity contribution in [1.82, 2.24) is 4.98 Å². The fourth-order valence-corrected chi connectivity index (χ4v) is 2.38. The van der Waals surface area contributed by atoms with Gasteiger partial charge in [0.05, 0.1) is 15.1 Å². The molecular weight excluding hydrogens is 250 g/mol. The molecule has 0 amide bonds. The van der Waals surface area contributed by atoms with Crippen LogP contribution in [0.25, 0.3) is 10.2 Å². The van der Waals surface area contributed by atoms with Gasteiger partial charge >= 0.3 is 5.69 Å². The van der Waals surface area contributed by atoms with Gasteiger partial charge in [-0.25, -0.2) is 4.98 Å². The minimum absolute atomic E-state index is 0.0641. The number of aromatic nitrogens is 1. The minimum atomic E-state index is -0.375. The van der Waals surface area contributed by atoms with Crippen LogP contribution in [0.5, 0.6) is 0 Å². The zero-order chi connectivity index (χ0) is 13.0. The molecule has 0 aliphatic heterocycles. The van der Waals surface area contributed by atoms with E-state index in [1.165, 1.54) is 11.3 Å². The van der Waals surface area contributed by atoms with E-state index in [2.05, 4.69) is 10.3 Å². The maximum Gasteiger partial charge on any atom is 0.319 e. The molecule has 0 aliphatic rings. The second-order valence-corrected chi connectivity index (χ2v) is 4.59. The van der Waals surface area contributed by atoms with E-state index in [1.807, 2.05) is 25.1 Å². The summed E-state index contributed by atoms with van der Waals surface area (Å²) in [4.78, 5) is 14.8. The molecule has 1 heterocycles. The van der Waals surface area contributed by atoms with E-state index in [0.29, 0.717) is 17.7 Å². The number of nitro groups is 1. The first-order valence-electron chi connectivity index (χ1n) is 5.59. The molecule has 0 bridgehead atoms. The van der Waals surface area contributed by atoms with Crippen LogP contribution in [0.4, 0.5) is 11.4 Å². The lowest BCUT2D eigenvalue weighted by molar-refractivity contribution is -0.382. The molecule has 6 heteroatoms. The summed E-state index contributed by atoms with van der Waals surface area (Å²) in [5.74, 6) is 0. The van der Waals surface area contributed by atoms with Crippen LogP contribution in [-0.2, 0) is 0 Å². The third kappa shape index (κ3) is 2.48. The Morgan fingerprint density at radius 1 is 1.56 bits per heavy atom. The lowest BCUT2D eigenvalue weighted by Gasteiger charge is -2.05. The normalized spacial score (nSPS) is 11.2. The summed E-state index contributed by atoms with van der Waals surface area (Å²) in [7, 11) is 0. The van der Waals surface area contributed by atoms with Crippen LogP contribution in [0.1, 0.15) is 13.3 Å². The Balaban J connectivity index is 2.31. The molecule has 0 fully saturated rings. The van der Waals surface area contributed by atoms with Crippen LogP contribution < -0.4 is 5.32 Å². The van der Waals surface area contributed by atoms with Gasteiger partial charge in [0.15, 0.2) is 5.52 Å². The lowest BCUT2D eigenvalue weighted by atomic mass is 10.2. The average molecular weight is 263 g/mol. The van der Waals surface area contributed by atoms with Crippen molar-refractivity contribution in [2.45, 2.75) is 13.3 Å². The van der Waals surface area contributed by atoms with Crippen molar-refractivity contribution in [3.8, 4) is 0 Å². The first kappa shape index (κ1) is 12.5. The number of rotatable bonds is 5. The van der Waals surface area contributed by atoms with Gasteiger partial charge in [-0.05, 0) is 25.5 Å². The summed E-state index contributed by atoms with van der Waals surface area (Å²) in [6.07, 6.45) is 4.81. The molecule has 5 nitrogen and oxygen atoms in total. The average Bonchev–Trinajstić information content (AvgIpc) is 2.81. The van der Waals surface area contributed by atoms with E-state index >= 15 is 0 Å². The second-order valence-electron chi connectivity index (χ2n) is 3.70. The quantitative estimate of drug-likeness (QED) is 0.387. The second kappa shape index (κ2) is 5.59. The van der Waals surface area contributed by atoms with Gasteiger partial charge in [0.2, 0.25) is 0 Å². The lowest BCUT2D eigenvalue weighted by Crippen LogP contribution is -2.03. The van der Waals surface area contributed by atoms with Gasteiger partial charge in [-0.3, -0.25) is 10.1 Å². The van der Waals surface area contributed by atoms with E-state index in [-0.39, 0.29) is 10.6 Å².